The van der Waals surface area contributed by atoms with E-state index in [0.717, 1.165) is 11.3 Å². The van der Waals surface area contributed by atoms with Gasteiger partial charge < -0.3 is 16.2 Å². The van der Waals surface area contributed by atoms with Crippen molar-refractivity contribution >= 4 is 5.97 Å². The number of hydrogen-bond acceptors (Lipinski definition) is 4. The summed E-state index contributed by atoms with van der Waals surface area (Å²) in [6.07, 6.45) is 2.50. The van der Waals surface area contributed by atoms with Gasteiger partial charge in [0.1, 0.15) is 6.04 Å². The number of hydrogen-bond donors (Lipinski definition) is 4. The van der Waals surface area contributed by atoms with Crippen molar-refractivity contribution in [3.8, 4) is 0 Å². The normalized spacial score (nSPS) is 13.6. The lowest BCUT2D eigenvalue weighted by Crippen LogP contribution is -2.49. The second-order valence-electron chi connectivity index (χ2n) is 7.99. The monoisotopic (exact) mass is 427 g/mol. The molecule has 0 fully saturated rings. The van der Waals surface area contributed by atoms with E-state index in [0.29, 0.717) is 11.8 Å². The van der Waals surface area contributed by atoms with Gasteiger partial charge in [-0.15, -0.1) is 0 Å². The van der Waals surface area contributed by atoms with Crippen molar-refractivity contribution in [3.63, 3.8) is 0 Å². The van der Waals surface area contributed by atoms with Crippen LogP contribution in [0.4, 0.5) is 0 Å². The minimum absolute atomic E-state index is 0.0132. The summed E-state index contributed by atoms with van der Waals surface area (Å²) in [5.41, 5.74) is 6.47. The summed E-state index contributed by atoms with van der Waals surface area (Å²) in [7, 11) is 0. The third-order valence-electron chi connectivity index (χ3n) is 4.33. The molecule has 5 N–H and O–H groups in total. The summed E-state index contributed by atoms with van der Waals surface area (Å²) >= 11 is 0. The van der Waals surface area contributed by atoms with Gasteiger partial charge in [0.05, 0.1) is 0 Å². The van der Waals surface area contributed by atoms with Crippen molar-refractivity contribution in [3.05, 3.63) is 37.2 Å². The largest absolute Gasteiger partial charge is 0.480 e. The van der Waals surface area contributed by atoms with Crippen LogP contribution in [0.3, 0.4) is 0 Å². The number of nitrogens with one attached hydrogen (secondary N) is 2. The van der Waals surface area contributed by atoms with Crippen LogP contribution < -0.4 is 16.4 Å². The molecule has 0 radical (unpaired) electrons. The Kier molecular flexibility index (Phi) is 26.1. The van der Waals surface area contributed by atoms with Crippen LogP contribution in [-0.4, -0.2) is 29.2 Å². The molecule has 0 aliphatic rings. The summed E-state index contributed by atoms with van der Waals surface area (Å²) in [6, 6.07) is -0.580. The molecule has 0 heterocycles. The predicted octanol–water partition coefficient (Wildman–Crippen LogP) is 5.94. The Labute approximate surface area is 188 Å². The van der Waals surface area contributed by atoms with Crippen LogP contribution in [0.5, 0.6) is 0 Å². The standard InChI is InChI=1S/C18H34N2O2.C3H8.C2H5N.C2H6/c1-10(2)13(7)16(11(3)4)19-14(8)15(9)20-17(12(5)6)18(21)22;1-3-2;1-2-3;1-2/h10,12-13,15-17,19-20H,3,8H2,1-2,4-7,9H3,(H,21,22);3H2,1-2H3;2H,1,3H2;1-2H3/t13-,15?,16?,17?;;;/m0.../s1. The Bertz CT molecular complexity index is 459. The molecule has 3 unspecified atom stereocenters. The topological polar surface area (TPSA) is 87.4 Å². The second kappa shape index (κ2) is 21.9. The van der Waals surface area contributed by atoms with Gasteiger partial charge in [-0.25, -0.2) is 0 Å². The molecule has 0 saturated heterocycles. The van der Waals surface area contributed by atoms with Gasteiger partial charge in [-0.2, -0.15) is 0 Å². The van der Waals surface area contributed by atoms with Crippen LogP contribution in [0.1, 0.15) is 82.6 Å². The molecule has 0 aromatic rings. The average molecular weight is 428 g/mol. The van der Waals surface area contributed by atoms with E-state index in [1.54, 1.807) is 0 Å². The zero-order chi connectivity index (χ0) is 25.0. The van der Waals surface area contributed by atoms with E-state index < -0.39 is 12.0 Å². The Balaban J connectivity index is -0.000000365. The first kappa shape index (κ1) is 35.7. The van der Waals surface area contributed by atoms with Gasteiger partial charge in [0, 0.05) is 17.8 Å². The Morgan fingerprint density at radius 3 is 1.60 bits per heavy atom. The van der Waals surface area contributed by atoms with Crippen molar-refractivity contribution in [1.82, 2.24) is 10.6 Å². The van der Waals surface area contributed by atoms with Crippen LogP contribution in [0.25, 0.3) is 0 Å². The molecular weight excluding hydrogens is 374 g/mol. The van der Waals surface area contributed by atoms with Crippen molar-refractivity contribution in [2.75, 3.05) is 0 Å². The van der Waals surface area contributed by atoms with Gasteiger partial charge in [-0.1, -0.05) is 94.0 Å². The second-order valence-corrected chi connectivity index (χ2v) is 7.99. The first-order valence-electron chi connectivity index (χ1n) is 11.2. The van der Waals surface area contributed by atoms with E-state index in [1.807, 2.05) is 41.5 Å². The summed E-state index contributed by atoms with van der Waals surface area (Å²) in [4.78, 5) is 11.3. The molecule has 0 aliphatic carbocycles. The van der Waals surface area contributed by atoms with E-state index in [1.165, 1.54) is 12.6 Å². The third-order valence-corrected chi connectivity index (χ3v) is 4.33. The number of carboxylic acids is 1. The van der Waals surface area contributed by atoms with Crippen LogP contribution in [-0.2, 0) is 4.79 Å². The fourth-order valence-corrected chi connectivity index (χ4v) is 2.33. The minimum atomic E-state index is -0.832. The van der Waals surface area contributed by atoms with Gasteiger partial charge in [0.25, 0.3) is 0 Å². The highest BCUT2D eigenvalue weighted by atomic mass is 16.4. The molecule has 0 saturated carbocycles. The number of nitrogens with two attached hydrogens (primary N) is 1. The van der Waals surface area contributed by atoms with Gasteiger partial charge in [0.15, 0.2) is 0 Å². The van der Waals surface area contributed by atoms with Crippen LogP contribution in [0.15, 0.2) is 37.2 Å². The molecule has 0 bridgehead atoms. The fraction of sp³-hybridized carbons (Fsp3) is 0.720. The first-order chi connectivity index (χ1) is 13.8. The lowest BCUT2D eigenvalue weighted by Gasteiger charge is -2.33. The fourth-order valence-electron chi connectivity index (χ4n) is 2.33. The average Bonchev–Trinajstić information content (AvgIpc) is 2.65. The number of carboxylic acid groups (broad SMARTS) is 1. The van der Waals surface area contributed by atoms with Crippen LogP contribution in [0.2, 0.25) is 0 Å². The maximum Gasteiger partial charge on any atom is 0.320 e. The highest BCUT2D eigenvalue weighted by molar-refractivity contribution is 5.73. The van der Waals surface area contributed by atoms with Crippen molar-refractivity contribution < 1.29 is 9.90 Å². The molecule has 5 nitrogen and oxygen atoms in total. The van der Waals surface area contributed by atoms with E-state index in [4.69, 9.17) is 0 Å². The highest BCUT2D eigenvalue weighted by Gasteiger charge is 2.26. The number of aliphatic carboxylic acids is 1. The molecule has 0 aromatic heterocycles. The van der Waals surface area contributed by atoms with E-state index in [9.17, 15) is 9.90 Å². The Hall–Kier alpha value is -1.75. The SMILES string of the molecule is C=C(NC(C(=C)C)[C@@H](C)C(C)C)C(C)NC(C(=O)O)C(C)C.C=CN.CC.CCC. The smallest absolute Gasteiger partial charge is 0.320 e. The number of rotatable bonds is 10. The summed E-state index contributed by atoms with van der Waals surface area (Å²) in [5, 5.41) is 15.8. The molecule has 0 spiro atoms. The van der Waals surface area contributed by atoms with Crippen LogP contribution in [0, 0.1) is 17.8 Å². The molecule has 0 aliphatic heterocycles. The van der Waals surface area contributed by atoms with Crippen molar-refractivity contribution in [2.45, 2.75) is 101 Å². The van der Waals surface area contributed by atoms with Crippen molar-refractivity contribution in [1.29, 1.82) is 0 Å². The summed E-state index contributed by atoms with van der Waals surface area (Å²) < 4.78 is 0. The van der Waals surface area contributed by atoms with Gasteiger partial charge in [-0.05, 0) is 37.8 Å². The Morgan fingerprint density at radius 1 is 1.00 bits per heavy atom. The van der Waals surface area contributed by atoms with Gasteiger partial charge in [-0.3, -0.25) is 10.1 Å². The minimum Gasteiger partial charge on any atom is -0.480 e. The predicted molar refractivity (Wildman–Crippen MR) is 135 cm³/mol. The zero-order valence-electron chi connectivity index (χ0n) is 21.8. The molecule has 5 heteroatoms. The third kappa shape index (κ3) is 18.3. The lowest BCUT2D eigenvalue weighted by molar-refractivity contribution is -0.140. The molecule has 4 atom stereocenters. The highest BCUT2D eigenvalue weighted by Crippen LogP contribution is 2.20. The van der Waals surface area contributed by atoms with Crippen LogP contribution >= 0.6 is 0 Å². The zero-order valence-corrected chi connectivity index (χ0v) is 21.8. The molecule has 180 valence electrons. The Morgan fingerprint density at radius 2 is 1.37 bits per heavy atom. The molecule has 30 heavy (non-hydrogen) atoms. The van der Waals surface area contributed by atoms with E-state index in [-0.39, 0.29) is 18.0 Å². The van der Waals surface area contributed by atoms with Crippen molar-refractivity contribution in [2.24, 2.45) is 23.5 Å². The maximum absolute atomic E-state index is 11.3. The lowest BCUT2D eigenvalue weighted by atomic mass is 9.86. The first-order valence-corrected chi connectivity index (χ1v) is 11.2. The summed E-state index contributed by atoms with van der Waals surface area (Å²) in [5.74, 6) is 0.121. The van der Waals surface area contributed by atoms with Gasteiger partial charge in [0.2, 0.25) is 0 Å². The molecular formula is C25H53N3O2. The quantitative estimate of drug-likeness (QED) is 0.324. The van der Waals surface area contributed by atoms with E-state index in [2.05, 4.69) is 70.7 Å². The molecule has 0 aromatic carbocycles. The maximum atomic E-state index is 11.3. The molecule has 0 rings (SSSR count). The van der Waals surface area contributed by atoms with Gasteiger partial charge >= 0.3 is 5.97 Å². The van der Waals surface area contributed by atoms with E-state index >= 15 is 0 Å². The summed E-state index contributed by atoms with van der Waals surface area (Å²) in [6.45, 7) is 33.8. The number of carbonyl (C=O) groups is 1. The molecule has 0 amide bonds.